The van der Waals surface area contributed by atoms with Crippen molar-refractivity contribution in [2.75, 3.05) is 13.2 Å². The van der Waals surface area contributed by atoms with E-state index in [1.54, 1.807) is 0 Å². The van der Waals surface area contributed by atoms with Gasteiger partial charge in [0.25, 0.3) is 0 Å². The molecule has 0 saturated carbocycles. The van der Waals surface area contributed by atoms with Crippen LogP contribution in [-0.4, -0.2) is 25.3 Å². The number of benzene rings is 1. The van der Waals surface area contributed by atoms with Crippen LogP contribution in [0.15, 0.2) is 24.3 Å². The van der Waals surface area contributed by atoms with Crippen molar-refractivity contribution < 1.29 is 14.3 Å². The molecule has 106 valence electrons. The Bertz CT molecular complexity index is 393. The normalized spacial score (nSPS) is 11.3. The van der Waals surface area contributed by atoms with Gasteiger partial charge in [-0.25, -0.2) is 0 Å². The molecule has 0 aliphatic rings. The molecule has 0 saturated heterocycles. The molecule has 3 nitrogen and oxygen atoms in total. The van der Waals surface area contributed by atoms with E-state index in [1.807, 2.05) is 38.1 Å². The molecule has 0 aliphatic heterocycles. The van der Waals surface area contributed by atoms with Crippen LogP contribution >= 0.6 is 0 Å². The molecule has 0 radical (unpaired) electrons. The van der Waals surface area contributed by atoms with Gasteiger partial charge in [0.2, 0.25) is 12.1 Å². The van der Waals surface area contributed by atoms with Gasteiger partial charge in [0.15, 0.2) is 0 Å². The molecule has 0 unspecified atom stereocenters. The summed E-state index contributed by atoms with van der Waals surface area (Å²) in [6.45, 7) is 8.96. The minimum absolute atomic E-state index is 0.102. The molecule has 1 aromatic carbocycles. The Morgan fingerprint density at radius 2 is 1.79 bits per heavy atom. The first kappa shape index (κ1) is 15.9. The molecular formula is C16H24O3. The molecule has 1 aromatic rings. The second-order valence-electron chi connectivity index (χ2n) is 4.91. The number of carbonyl (C=O) groups excluding carboxylic acids is 1. The average molecular weight is 264 g/mol. The molecule has 0 N–H and O–H groups in total. The summed E-state index contributed by atoms with van der Waals surface area (Å²) in [5, 5.41) is 0. The highest BCUT2D eigenvalue weighted by molar-refractivity contribution is 5.98. The van der Waals surface area contributed by atoms with Gasteiger partial charge in [-0.05, 0) is 37.8 Å². The van der Waals surface area contributed by atoms with Crippen molar-refractivity contribution in [3.63, 3.8) is 0 Å². The van der Waals surface area contributed by atoms with Gasteiger partial charge >= 0.3 is 0 Å². The largest absolute Gasteiger partial charge is 0.346 e. The first-order valence-electron chi connectivity index (χ1n) is 6.94. The molecule has 0 aliphatic carbocycles. The summed E-state index contributed by atoms with van der Waals surface area (Å²) in [5.41, 5.74) is 1.83. The standard InChI is InChI=1S/C16H24O3/c1-5-18-16(19-6-2)15(17)14-9-7-8-13(11-14)10-12(3)4/h7-9,11-12,16H,5-6,10H2,1-4H3. The smallest absolute Gasteiger partial charge is 0.222 e. The maximum Gasteiger partial charge on any atom is 0.222 e. The first-order chi connectivity index (χ1) is 9.08. The summed E-state index contributed by atoms with van der Waals surface area (Å²) in [6, 6.07) is 7.72. The highest BCUT2D eigenvalue weighted by Crippen LogP contribution is 2.14. The summed E-state index contributed by atoms with van der Waals surface area (Å²) in [5.74, 6) is 0.467. The number of hydrogen-bond donors (Lipinski definition) is 0. The summed E-state index contributed by atoms with van der Waals surface area (Å²) in [6.07, 6.45) is 0.180. The molecule has 0 amide bonds. The predicted octanol–water partition coefficient (Wildman–Crippen LogP) is 3.47. The Balaban J connectivity index is 2.84. The SMILES string of the molecule is CCOC(OCC)C(=O)c1cccc(CC(C)C)c1. The Kier molecular flexibility index (Phi) is 6.74. The minimum Gasteiger partial charge on any atom is -0.346 e. The van der Waals surface area contributed by atoms with E-state index in [4.69, 9.17) is 9.47 Å². The van der Waals surface area contributed by atoms with E-state index in [0.717, 1.165) is 6.42 Å². The minimum atomic E-state index is -0.788. The lowest BCUT2D eigenvalue weighted by Gasteiger charge is -2.16. The summed E-state index contributed by atoms with van der Waals surface area (Å²) < 4.78 is 10.7. The second-order valence-corrected chi connectivity index (χ2v) is 4.91. The van der Waals surface area contributed by atoms with Crippen molar-refractivity contribution >= 4 is 5.78 Å². The molecule has 1 rings (SSSR count). The van der Waals surface area contributed by atoms with Gasteiger partial charge in [0.1, 0.15) is 0 Å². The topological polar surface area (TPSA) is 35.5 Å². The van der Waals surface area contributed by atoms with E-state index in [2.05, 4.69) is 13.8 Å². The quantitative estimate of drug-likeness (QED) is 0.533. The van der Waals surface area contributed by atoms with E-state index in [9.17, 15) is 4.79 Å². The number of rotatable bonds is 8. The zero-order valence-corrected chi connectivity index (χ0v) is 12.3. The van der Waals surface area contributed by atoms with Crippen LogP contribution in [0.25, 0.3) is 0 Å². The van der Waals surface area contributed by atoms with E-state index >= 15 is 0 Å². The molecule has 0 spiro atoms. The van der Waals surface area contributed by atoms with Gasteiger partial charge in [-0.1, -0.05) is 32.0 Å². The molecular weight excluding hydrogens is 240 g/mol. The van der Waals surface area contributed by atoms with Crippen LogP contribution < -0.4 is 0 Å². The molecule has 0 aromatic heterocycles. The molecule has 3 heteroatoms. The molecule has 19 heavy (non-hydrogen) atoms. The third-order valence-electron chi connectivity index (χ3n) is 2.71. The van der Waals surface area contributed by atoms with Crippen molar-refractivity contribution in [1.29, 1.82) is 0 Å². The fraction of sp³-hybridized carbons (Fsp3) is 0.562. The lowest BCUT2D eigenvalue weighted by molar-refractivity contribution is -0.107. The van der Waals surface area contributed by atoms with Gasteiger partial charge in [0.05, 0.1) is 0 Å². The summed E-state index contributed by atoms with van der Waals surface area (Å²) in [7, 11) is 0. The third kappa shape index (κ3) is 5.13. The van der Waals surface area contributed by atoms with Gasteiger partial charge in [-0.15, -0.1) is 0 Å². The van der Waals surface area contributed by atoms with Gasteiger partial charge in [-0.2, -0.15) is 0 Å². The van der Waals surface area contributed by atoms with Gasteiger partial charge in [0, 0.05) is 18.8 Å². The van der Waals surface area contributed by atoms with E-state index in [1.165, 1.54) is 5.56 Å². The van der Waals surface area contributed by atoms with Gasteiger partial charge in [-0.3, -0.25) is 4.79 Å². The lowest BCUT2D eigenvalue weighted by Crippen LogP contribution is -2.27. The van der Waals surface area contributed by atoms with E-state index in [-0.39, 0.29) is 5.78 Å². The number of ketones is 1. The zero-order valence-electron chi connectivity index (χ0n) is 12.3. The molecule has 0 heterocycles. The van der Waals surface area contributed by atoms with Crippen LogP contribution in [0.1, 0.15) is 43.6 Å². The van der Waals surface area contributed by atoms with E-state index in [0.29, 0.717) is 24.7 Å². The van der Waals surface area contributed by atoms with Crippen LogP contribution in [0.2, 0.25) is 0 Å². The Morgan fingerprint density at radius 1 is 1.16 bits per heavy atom. The highest BCUT2D eigenvalue weighted by atomic mass is 16.7. The van der Waals surface area contributed by atoms with Crippen molar-refractivity contribution in [3.8, 4) is 0 Å². The number of carbonyl (C=O) groups is 1. The van der Waals surface area contributed by atoms with Crippen molar-refractivity contribution in [2.24, 2.45) is 5.92 Å². The van der Waals surface area contributed by atoms with Crippen molar-refractivity contribution in [1.82, 2.24) is 0 Å². The van der Waals surface area contributed by atoms with Crippen LogP contribution in [0, 0.1) is 5.92 Å². The van der Waals surface area contributed by atoms with Crippen molar-refractivity contribution in [3.05, 3.63) is 35.4 Å². The van der Waals surface area contributed by atoms with Crippen LogP contribution in [0.5, 0.6) is 0 Å². The predicted molar refractivity (Wildman–Crippen MR) is 76.4 cm³/mol. The fourth-order valence-corrected chi connectivity index (χ4v) is 1.96. The maximum atomic E-state index is 12.3. The maximum absolute atomic E-state index is 12.3. The third-order valence-corrected chi connectivity index (χ3v) is 2.71. The van der Waals surface area contributed by atoms with Crippen LogP contribution in [0.3, 0.4) is 0 Å². The fourth-order valence-electron chi connectivity index (χ4n) is 1.96. The number of ether oxygens (including phenoxy) is 2. The summed E-state index contributed by atoms with van der Waals surface area (Å²) in [4.78, 5) is 12.3. The Hall–Kier alpha value is -1.19. The average Bonchev–Trinajstić information content (AvgIpc) is 2.37. The monoisotopic (exact) mass is 264 g/mol. The second kappa shape index (κ2) is 8.08. The molecule has 0 atom stereocenters. The van der Waals surface area contributed by atoms with Gasteiger partial charge < -0.3 is 9.47 Å². The van der Waals surface area contributed by atoms with Crippen LogP contribution in [-0.2, 0) is 15.9 Å². The highest BCUT2D eigenvalue weighted by Gasteiger charge is 2.20. The Morgan fingerprint density at radius 3 is 2.32 bits per heavy atom. The Labute approximate surface area is 115 Å². The van der Waals surface area contributed by atoms with Crippen LogP contribution in [0.4, 0.5) is 0 Å². The summed E-state index contributed by atoms with van der Waals surface area (Å²) >= 11 is 0. The zero-order chi connectivity index (χ0) is 14.3. The van der Waals surface area contributed by atoms with E-state index < -0.39 is 6.29 Å². The first-order valence-corrected chi connectivity index (χ1v) is 6.94. The molecule has 0 fully saturated rings. The van der Waals surface area contributed by atoms with Crippen molar-refractivity contribution in [2.45, 2.75) is 40.4 Å². The number of hydrogen-bond acceptors (Lipinski definition) is 3. The molecule has 0 bridgehead atoms. The lowest BCUT2D eigenvalue weighted by atomic mass is 9.99. The number of Topliss-reactive ketones (excluding diaryl/α,β-unsaturated/α-hetero) is 1.